The van der Waals surface area contributed by atoms with Crippen molar-refractivity contribution >= 4 is 0 Å². The Morgan fingerprint density at radius 3 is 2.63 bits per heavy atom. The van der Waals surface area contributed by atoms with Crippen LogP contribution in [0.3, 0.4) is 0 Å². The molecule has 1 N–H and O–H groups in total. The third-order valence-corrected chi connectivity index (χ3v) is 3.56. The maximum Gasteiger partial charge on any atom is 0.121 e. The fourth-order valence-corrected chi connectivity index (χ4v) is 2.10. The van der Waals surface area contributed by atoms with Gasteiger partial charge in [0.1, 0.15) is 5.75 Å². The van der Waals surface area contributed by atoms with Gasteiger partial charge in [-0.05, 0) is 51.6 Å². The van der Waals surface area contributed by atoms with Crippen molar-refractivity contribution < 1.29 is 4.74 Å². The molecule has 2 aromatic rings. The average Bonchev–Trinajstić information content (AvgIpc) is 2.88. The van der Waals surface area contributed by atoms with E-state index in [-0.39, 0.29) is 5.54 Å². The van der Waals surface area contributed by atoms with Crippen LogP contribution in [-0.2, 0) is 5.54 Å². The second kappa shape index (κ2) is 5.05. The molecule has 0 aliphatic rings. The number of aromatic nitrogens is 2. The molecule has 4 heteroatoms. The molecule has 102 valence electrons. The predicted molar refractivity (Wildman–Crippen MR) is 76.9 cm³/mol. The Balaban J connectivity index is 2.49. The van der Waals surface area contributed by atoms with E-state index in [1.807, 2.05) is 38.6 Å². The highest BCUT2D eigenvalue weighted by atomic mass is 16.5. The lowest BCUT2D eigenvalue weighted by atomic mass is 10.0. The number of aryl methyl sites for hydroxylation is 1. The Morgan fingerprint density at radius 1 is 1.32 bits per heavy atom. The smallest absolute Gasteiger partial charge is 0.121 e. The Kier molecular flexibility index (Phi) is 3.62. The van der Waals surface area contributed by atoms with E-state index >= 15 is 0 Å². The number of nitrogens with zero attached hydrogens (tertiary/aromatic N) is 2. The number of methoxy groups -OCH3 is 1. The highest BCUT2D eigenvalue weighted by Gasteiger charge is 2.22. The molecule has 0 fully saturated rings. The first-order valence-electron chi connectivity index (χ1n) is 6.36. The van der Waals surface area contributed by atoms with E-state index in [1.54, 1.807) is 7.11 Å². The quantitative estimate of drug-likeness (QED) is 0.917. The van der Waals surface area contributed by atoms with Crippen molar-refractivity contribution in [2.75, 3.05) is 14.2 Å². The second-order valence-electron chi connectivity index (χ2n) is 5.18. The van der Waals surface area contributed by atoms with Gasteiger partial charge in [-0.25, -0.2) is 4.98 Å². The number of rotatable bonds is 4. The maximum absolute atomic E-state index is 5.30. The van der Waals surface area contributed by atoms with Crippen molar-refractivity contribution in [2.45, 2.75) is 26.3 Å². The van der Waals surface area contributed by atoms with Crippen molar-refractivity contribution in [1.82, 2.24) is 14.9 Å². The molecule has 0 aliphatic heterocycles. The number of hydrogen-bond donors (Lipinski definition) is 1. The van der Waals surface area contributed by atoms with Crippen molar-refractivity contribution in [3.63, 3.8) is 0 Å². The molecule has 0 saturated carbocycles. The van der Waals surface area contributed by atoms with Crippen molar-refractivity contribution in [3.8, 4) is 11.4 Å². The SMILES string of the molecule is CNC(C)(C)c1cncn1-c1ccc(OC)c(C)c1. The third kappa shape index (κ3) is 2.49. The number of ether oxygens (including phenoxy) is 1. The van der Waals surface area contributed by atoms with E-state index in [9.17, 15) is 0 Å². The number of hydrogen-bond acceptors (Lipinski definition) is 3. The van der Waals surface area contributed by atoms with Crippen LogP contribution in [0.5, 0.6) is 5.75 Å². The van der Waals surface area contributed by atoms with Crippen LogP contribution in [0.15, 0.2) is 30.7 Å². The molecule has 4 nitrogen and oxygen atoms in total. The van der Waals surface area contributed by atoms with Gasteiger partial charge in [-0.1, -0.05) is 0 Å². The summed E-state index contributed by atoms with van der Waals surface area (Å²) < 4.78 is 7.40. The van der Waals surface area contributed by atoms with Gasteiger partial charge in [0.15, 0.2) is 0 Å². The van der Waals surface area contributed by atoms with Crippen LogP contribution >= 0.6 is 0 Å². The maximum atomic E-state index is 5.30. The summed E-state index contributed by atoms with van der Waals surface area (Å²) >= 11 is 0. The lowest BCUT2D eigenvalue weighted by Gasteiger charge is -2.25. The van der Waals surface area contributed by atoms with Gasteiger partial charge in [-0.2, -0.15) is 0 Å². The zero-order chi connectivity index (χ0) is 14.0. The largest absolute Gasteiger partial charge is 0.496 e. The summed E-state index contributed by atoms with van der Waals surface area (Å²) in [6.07, 6.45) is 3.74. The van der Waals surface area contributed by atoms with Crippen molar-refractivity contribution in [1.29, 1.82) is 0 Å². The van der Waals surface area contributed by atoms with Gasteiger partial charge in [-0.15, -0.1) is 0 Å². The molecule has 1 aromatic heterocycles. The number of benzene rings is 1. The van der Waals surface area contributed by atoms with Crippen LogP contribution in [0, 0.1) is 6.92 Å². The first kappa shape index (κ1) is 13.6. The fraction of sp³-hybridized carbons (Fsp3) is 0.400. The first-order chi connectivity index (χ1) is 8.99. The van der Waals surface area contributed by atoms with Crippen LogP contribution in [0.1, 0.15) is 25.1 Å². The summed E-state index contributed by atoms with van der Waals surface area (Å²) in [5, 5.41) is 3.31. The molecule has 0 unspecified atom stereocenters. The van der Waals surface area contributed by atoms with E-state index in [4.69, 9.17) is 4.74 Å². The first-order valence-corrected chi connectivity index (χ1v) is 6.36. The monoisotopic (exact) mass is 259 g/mol. The normalized spacial score (nSPS) is 11.6. The minimum absolute atomic E-state index is 0.135. The average molecular weight is 259 g/mol. The summed E-state index contributed by atoms with van der Waals surface area (Å²) in [5.74, 6) is 0.901. The van der Waals surface area contributed by atoms with Gasteiger partial charge in [0.25, 0.3) is 0 Å². The Hall–Kier alpha value is -1.81. The molecule has 0 atom stereocenters. The lowest BCUT2D eigenvalue weighted by molar-refractivity contribution is 0.411. The molecule has 1 aromatic carbocycles. The minimum atomic E-state index is -0.135. The Labute approximate surface area is 114 Å². The van der Waals surface area contributed by atoms with E-state index in [0.717, 1.165) is 22.7 Å². The molecular weight excluding hydrogens is 238 g/mol. The van der Waals surface area contributed by atoms with Crippen LogP contribution in [-0.4, -0.2) is 23.7 Å². The zero-order valence-corrected chi connectivity index (χ0v) is 12.2. The highest BCUT2D eigenvalue weighted by molar-refractivity contribution is 5.44. The second-order valence-corrected chi connectivity index (χ2v) is 5.18. The Morgan fingerprint density at radius 2 is 2.05 bits per heavy atom. The third-order valence-electron chi connectivity index (χ3n) is 3.56. The molecule has 2 rings (SSSR count). The molecule has 1 heterocycles. The fourth-order valence-electron chi connectivity index (χ4n) is 2.10. The van der Waals surface area contributed by atoms with Crippen LogP contribution in [0.2, 0.25) is 0 Å². The lowest BCUT2D eigenvalue weighted by Crippen LogP contribution is -2.35. The van der Waals surface area contributed by atoms with Crippen LogP contribution < -0.4 is 10.1 Å². The summed E-state index contributed by atoms with van der Waals surface area (Å²) in [7, 11) is 3.64. The minimum Gasteiger partial charge on any atom is -0.496 e. The van der Waals surface area contributed by atoms with Crippen LogP contribution in [0.25, 0.3) is 5.69 Å². The van der Waals surface area contributed by atoms with Gasteiger partial charge in [0.2, 0.25) is 0 Å². The van der Waals surface area contributed by atoms with Gasteiger partial charge in [-0.3, -0.25) is 0 Å². The summed E-state index contributed by atoms with van der Waals surface area (Å²) in [5.41, 5.74) is 3.19. The molecule has 19 heavy (non-hydrogen) atoms. The summed E-state index contributed by atoms with van der Waals surface area (Å²) in [4.78, 5) is 4.28. The Bertz CT molecular complexity index is 573. The molecule has 0 amide bonds. The van der Waals surface area contributed by atoms with E-state index in [1.165, 1.54) is 0 Å². The van der Waals surface area contributed by atoms with Gasteiger partial charge in [0, 0.05) is 5.69 Å². The predicted octanol–water partition coefficient (Wildman–Crippen LogP) is 2.64. The summed E-state index contributed by atoms with van der Waals surface area (Å²) in [6, 6.07) is 6.14. The van der Waals surface area contributed by atoms with Crippen molar-refractivity contribution in [3.05, 3.63) is 42.0 Å². The van der Waals surface area contributed by atoms with Gasteiger partial charge >= 0.3 is 0 Å². The number of imidazole rings is 1. The molecule has 0 bridgehead atoms. The zero-order valence-electron chi connectivity index (χ0n) is 12.2. The topological polar surface area (TPSA) is 39.1 Å². The molecule has 0 spiro atoms. The number of nitrogens with one attached hydrogen (secondary N) is 1. The van der Waals surface area contributed by atoms with E-state index in [0.29, 0.717) is 0 Å². The molecule has 0 saturated heterocycles. The van der Waals surface area contributed by atoms with E-state index < -0.39 is 0 Å². The summed E-state index contributed by atoms with van der Waals surface area (Å²) in [6.45, 7) is 6.32. The van der Waals surface area contributed by atoms with Gasteiger partial charge < -0.3 is 14.6 Å². The molecule has 0 aliphatic carbocycles. The molecular formula is C15H21N3O. The standard InChI is InChI=1S/C15H21N3O/c1-11-8-12(6-7-13(11)19-5)18-10-17-9-14(18)15(2,3)16-4/h6-10,16H,1-5H3. The van der Waals surface area contributed by atoms with Crippen LogP contribution in [0.4, 0.5) is 0 Å². The van der Waals surface area contributed by atoms with Gasteiger partial charge in [0.05, 0.1) is 30.9 Å². The van der Waals surface area contributed by atoms with Crippen molar-refractivity contribution in [2.24, 2.45) is 0 Å². The molecule has 0 radical (unpaired) electrons. The highest BCUT2D eigenvalue weighted by Crippen LogP contribution is 2.25. The van der Waals surface area contributed by atoms with E-state index in [2.05, 4.69) is 34.8 Å².